The van der Waals surface area contributed by atoms with Crippen molar-refractivity contribution in [1.29, 1.82) is 0 Å². The Hall–Kier alpha value is -1.93. The zero-order chi connectivity index (χ0) is 18.0. The maximum absolute atomic E-state index is 11.4. The van der Waals surface area contributed by atoms with Crippen LogP contribution in [0, 0.1) is 17.0 Å². The van der Waals surface area contributed by atoms with Gasteiger partial charge in [-0.25, -0.2) is 0 Å². The third-order valence-electron chi connectivity index (χ3n) is 5.34. The van der Waals surface area contributed by atoms with Crippen molar-refractivity contribution in [3.8, 4) is 5.88 Å². The summed E-state index contributed by atoms with van der Waals surface area (Å²) in [6.07, 6.45) is 2.03. The standard InChI is InChI=1S/C17H27N5O3/c1-13-12-15(22(23)24)16(18-17(13)25-3)21-6-4-14(5-7-21)20-10-8-19(2)9-11-20/h12,14H,4-11H2,1-3H3. The Bertz CT molecular complexity index is 623. The minimum atomic E-state index is -0.346. The summed E-state index contributed by atoms with van der Waals surface area (Å²) in [5.74, 6) is 0.895. The zero-order valence-corrected chi connectivity index (χ0v) is 15.3. The monoisotopic (exact) mass is 349 g/mol. The number of nitrogens with zero attached hydrogens (tertiary/aromatic N) is 5. The number of aryl methyl sites for hydroxylation is 1. The lowest BCUT2D eigenvalue weighted by Crippen LogP contribution is -2.52. The Labute approximate surface area is 148 Å². The van der Waals surface area contributed by atoms with E-state index >= 15 is 0 Å². The van der Waals surface area contributed by atoms with Gasteiger partial charge in [-0.2, -0.15) is 4.98 Å². The van der Waals surface area contributed by atoms with Crippen molar-refractivity contribution in [1.82, 2.24) is 14.8 Å². The molecule has 1 aromatic rings. The van der Waals surface area contributed by atoms with E-state index in [1.165, 1.54) is 0 Å². The van der Waals surface area contributed by atoms with Gasteiger partial charge in [-0.05, 0) is 26.8 Å². The normalized spacial score (nSPS) is 20.7. The first-order valence-corrected chi connectivity index (χ1v) is 8.87. The van der Waals surface area contributed by atoms with E-state index in [0.29, 0.717) is 23.3 Å². The van der Waals surface area contributed by atoms with E-state index in [-0.39, 0.29) is 10.6 Å². The van der Waals surface area contributed by atoms with Crippen LogP contribution in [0.2, 0.25) is 0 Å². The van der Waals surface area contributed by atoms with E-state index in [0.717, 1.165) is 52.1 Å². The molecule has 0 saturated carbocycles. The van der Waals surface area contributed by atoms with E-state index in [4.69, 9.17) is 4.74 Å². The van der Waals surface area contributed by atoms with Crippen LogP contribution in [0.4, 0.5) is 11.5 Å². The fraction of sp³-hybridized carbons (Fsp3) is 0.706. The van der Waals surface area contributed by atoms with Gasteiger partial charge in [-0.1, -0.05) is 0 Å². The van der Waals surface area contributed by atoms with Crippen LogP contribution in [0.5, 0.6) is 5.88 Å². The van der Waals surface area contributed by atoms with Gasteiger partial charge in [0.2, 0.25) is 11.7 Å². The number of aromatic nitrogens is 1. The fourth-order valence-corrected chi connectivity index (χ4v) is 3.78. The van der Waals surface area contributed by atoms with Crippen LogP contribution in [0.25, 0.3) is 0 Å². The molecule has 0 N–H and O–H groups in total. The van der Waals surface area contributed by atoms with Gasteiger partial charge in [0.1, 0.15) is 0 Å². The number of hydrogen-bond acceptors (Lipinski definition) is 7. The summed E-state index contributed by atoms with van der Waals surface area (Å²) in [5, 5.41) is 11.4. The molecule has 0 radical (unpaired) electrons. The molecule has 25 heavy (non-hydrogen) atoms. The van der Waals surface area contributed by atoms with Gasteiger partial charge in [0, 0.05) is 56.9 Å². The molecule has 0 amide bonds. The number of rotatable bonds is 4. The molecule has 0 bridgehead atoms. The van der Waals surface area contributed by atoms with Gasteiger partial charge in [0.15, 0.2) is 0 Å². The Morgan fingerprint density at radius 1 is 1.20 bits per heavy atom. The molecule has 2 saturated heterocycles. The predicted octanol–water partition coefficient (Wildman–Crippen LogP) is 1.52. The SMILES string of the molecule is COc1nc(N2CCC(N3CCN(C)CC3)CC2)c([N+](=O)[O-])cc1C. The molecule has 0 aromatic carbocycles. The second kappa shape index (κ2) is 7.53. The van der Waals surface area contributed by atoms with Crippen molar-refractivity contribution in [2.24, 2.45) is 0 Å². The Balaban J connectivity index is 1.71. The average molecular weight is 349 g/mol. The van der Waals surface area contributed by atoms with Gasteiger partial charge in [-0.3, -0.25) is 15.0 Å². The van der Waals surface area contributed by atoms with Crippen molar-refractivity contribution in [3.63, 3.8) is 0 Å². The number of ether oxygens (including phenoxy) is 1. The number of methoxy groups -OCH3 is 1. The topological polar surface area (TPSA) is 75.0 Å². The number of hydrogen-bond donors (Lipinski definition) is 0. The third-order valence-corrected chi connectivity index (χ3v) is 5.34. The number of piperazine rings is 1. The highest BCUT2D eigenvalue weighted by molar-refractivity contribution is 5.61. The highest BCUT2D eigenvalue weighted by Crippen LogP contribution is 2.33. The molecule has 0 atom stereocenters. The van der Waals surface area contributed by atoms with Crippen LogP contribution in [-0.4, -0.2) is 79.2 Å². The van der Waals surface area contributed by atoms with Crippen molar-refractivity contribution < 1.29 is 9.66 Å². The summed E-state index contributed by atoms with van der Waals surface area (Å²) < 4.78 is 5.26. The maximum atomic E-state index is 11.4. The molecule has 2 fully saturated rings. The van der Waals surface area contributed by atoms with Gasteiger partial charge >= 0.3 is 5.69 Å². The smallest absolute Gasteiger partial charge is 0.312 e. The average Bonchev–Trinajstić information content (AvgIpc) is 2.62. The Morgan fingerprint density at radius 3 is 2.40 bits per heavy atom. The molecule has 2 aliphatic heterocycles. The lowest BCUT2D eigenvalue weighted by Gasteiger charge is -2.42. The summed E-state index contributed by atoms with van der Waals surface area (Å²) in [7, 11) is 3.71. The molecule has 3 heterocycles. The summed E-state index contributed by atoms with van der Waals surface area (Å²) in [6.45, 7) is 7.80. The molecule has 0 unspecified atom stereocenters. The molecular weight excluding hydrogens is 322 g/mol. The first-order valence-electron chi connectivity index (χ1n) is 8.87. The largest absolute Gasteiger partial charge is 0.481 e. The zero-order valence-electron chi connectivity index (χ0n) is 15.3. The van der Waals surface area contributed by atoms with E-state index < -0.39 is 0 Å². The molecule has 1 aromatic heterocycles. The minimum absolute atomic E-state index is 0.0661. The number of pyridine rings is 1. The van der Waals surface area contributed by atoms with Crippen LogP contribution in [-0.2, 0) is 0 Å². The molecular formula is C17H27N5O3. The van der Waals surface area contributed by atoms with Crippen LogP contribution in [0.1, 0.15) is 18.4 Å². The Morgan fingerprint density at radius 2 is 1.84 bits per heavy atom. The fourth-order valence-electron chi connectivity index (χ4n) is 3.78. The molecule has 2 aliphatic rings. The van der Waals surface area contributed by atoms with Gasteiger partial charge in [0.05, 0.1) is 12.0 Å². The van der Waals surface area contributed by atoms with E-state index in [9.17, 15) is 10.1 Å². The molecule has 138 valence electrons. The van der Waals surface area contributed by atoms with E-state index in [2.05, 4.69) is 21.8 Å². The highest BCUT2D eigenvalue weighted by Gasteiger charge is 2.30. The van der Waals surface area contributed by atoms with Gasteiger partial charge in [-0.15, -0.1) is 0 Å². The number of likely N-dealkylation sites (N-methyl/N-ethyl adjacent to an activating group) is 1. The molecule has 8 heteroatoms. The number of anilines is 1. The lowest BCUT2D eigenvalue weighted by atomic mass is 10.0. The Kier molecular flexibility index (Phi) is 5.39. The first-order chi connectivity index (χ1) is 12.0. The van der Waals surface area contributed by atoms with Crippen molar-refractivity contribution in [3.05, 3.63) is 21.7 Å². The molecule has 0 aliphatic carbocycles. The van der Waals surface area contributed by atoms with Crippen molar-refractivity contribution in [2.75, 3.05) is 58.3 Å². The van der Waals surface area contributed by atoms with Gasteiger partial charge in [0.25, 0.3) is 0 Å². The summed E-state index contributed by atoms with van der Waals surface area (Å²) in [4.78, 5) is 22.5. The quantitative estimate of drug-likeness (QED) is 0.603. The van der Waals surface area contributed by atoms with Crippen LogP contribution < -0.4 is 9.64 Å². The van der Waals surface area contributed by atoms with E-state index in [1.807, 2.05) is 4.90 Å². The van der Waals surface area contributed by atoms with Gasteiger partial charge < -0.3 is 14.5 Å². The molecule has 8 nitrogen and oxygen atoms in total. The van der Waals surface area contributed by atoms with Crippen LogP contribution in [0.15, 0.2) is 6.07 Å². The summed E-state index contributed by atoms with van der Waals surface area (Å²) in [5.41, 5.74) is 0.751. The lowest BCUT2D eigenvalue weighted by molar-refractivity contribution is -0.384. The molecule has 3 rings (SSSR count). The predicted molar refractivity (Wildman–Crippen MR) is 96.5 cm³/mol. The number of piperidine rings is 1. The van der Waals surface area contributed by atoms with E-state index in [1.54, 1.807) is 20.1 Å². The van der Waals surface area contributed by atoms with Crippen LogP contribution in [0.3, 0.4) is 0 Å². The minimum Gasteiger partial charge on any atom is -0.481 e. The van der Waals surface area contributed by atoms with Crippen molar-refractivity contribution >= 4 is 11.5 Å². The summed E-state index contributed by atoms with van der Waals surface area (Å²) >= 11 is 0. The highest BCUT2D eigenvalue weighted by atomic mass is 16.6. The summed E-state index contributed by atoms with van der Waals surface area (Å²) in [6, 6.07) is 2.13. The number of nitro groups is 1. The first kappa shape index (κ1) is 17.9. The van der Waals surface area contributed by atoms with Crippen LogP contribution >= 0.6 is 0 Å². The second-order valence-corrected chi connectivity index (χ2v) is 6.97. The molecule has 0 spiro atoms. The van der Waals surface area contributed by atoms with Crippen molar-refractivity contribution in [2.45, 2.75) is 25.8 Å². The second-order valence-electron chi connectivity index (χ2n) is 6.97. The maximum Gasteiger partial charge on any atom is 0.312 e. The third kappa shape index (κ3) is 3.85.